The van der Waals surface area contributed by atoms with Crippen molar-refractivity contribution in [1.29, 1.82) is 0 Å². The Balaban J connectivity index is 0.00000200. The van der Waals surface area contributed by atoms with E-state index in [9.17, 15) is 4.79 Å². The van der Waals surface area contributed by atoms with Crippen molar-refractivity contribution in [2.45, 2.75) is 25.8 Å². The summed E-state index contributed by atoms with van der Waals surface area (Å²) < 4.78 is 1.63. The van der Waals surface area contributed by atoms with Gasteiger partial charge in [0.25, 0.3) is 0 Å². The Morgan fingerprint density at radius 2 is 2.10 bits per heavy atom. The topological polar surface area (TPSA) is 89.1 Å². The van der Waals surface area contributed by atoms with Crippen LogP contribution in [0.5, 0.6) is 0 Å². The van der Waals surface area contributed by atoms with Crippen LogP contribution < -0.4 is 11.1 Å². The summed E-state index contributed by atoms with van der Waals surface area (Å²) in [4.78, 5) is 13.9. The van der Waals surface area contributed by atoms with Crippen LogP contribution in [0.3, 0.4) is 0 Å². The molecule has 1 aliphatic heterocycles. The first-order valence-electron chi connectivity index (χ1n) is 6.87. The van der Waals surface area contributed by atoms with Crippen LogP contribution >= 0.6 is 12.4 Å². The van der Waals surface area contributed by atoms with E-state index in [2.05, 4.69) is 15.6 Å². The fourth-order valence-electron chi connectivity index (χ4n) is 2.13. The standard InChI is InChI=1S/C12H22N6O.ClH/c13-4-2-1-3-11-9-18(16-15-11)10-12(19)17-7-5-14-6-8-17;/h9,14H,1-8,10,13H2;1H. The molecule has 0 aliphatic carbocycles. The van der Waals surface area contributed by atoms with Gasteiger partial charge in [-0.15, -0.1) is 17.5 Å². The number of halogens is 1. The number of amides is 1. The van der Waals surface area contributed by atoms with Crippen LogP contribution in [0.4, 0.5) is 0 Å². The van der Waals surface area contributed by atoms with E-state index in [4.69, 9.17) is 5.73 Å². The van der Waals surface area contributed by atoms with Gasteiger partial charge in [-0.3, -0.25) is 4.79 Å². The van der Waals surface area contributed by atoms with Gasteiger partial charge in [-0.1, -0.05) is 5.21 Å². The maximum atomic E-state index is 12.0. The molecule has 0 unspecified atom stereocenters. The molecule has 3 N–H and O–H groups in total. The maximum absolute atomic E-state index is 12.0. The third-order valence-electron chi connectivity index (χ3n) is 3.24. The summed E-state index contributed by atoms with van der Waals surface area (Å²) in [7, 11) is 0. The van der Waals surface area contributed by atoms with E-state index in [1.807, 2.05) is 11.1 Å². The molecule has 1 fully saturated rings. The van der Waals surface area contributed by atoms with Crippen molar-refractivity contribution in [2.75, 3.05) is 32.7 Å². The van der Waals surface area contributed by atoms with Crippen LogP contribution in [0.1, 0.15) is 18.5 Å². The molecule has 114 valence electrons. The highest BCUT2D eigenvalue weighted by atomic mass is 35.5. The Morgan fingerprint density at radius 1 is 1.35 bits per heavy atom. The molecular formula is C12H23ClN6O. The minimum Gasteiger partial charge on any atom is -0.339 e. The van der Waals surface area contributed by atoms with Crippen LogP contribution in [-0.4, -0.2) is 58.5 Å². The molecule has 1 saturated heterocycles. The van der Waals surface area contributed by atoms with Gasteiger partial charge in [-0.2, -0.15) is 0 Å². The number of piperazine rings is 1. The van der Waals surface area contributed by atoms with Crippen LogP contribution in [-0.2, 0) is 17.8 Å². The molecule has 0 aromatic carbocycles. The number of unbranched alkanes of at least 4 members (excludes halogenated alkanes) is 1. The van der Waals surface area contributed by atoms with Crippen molar-refractivity contribution in [3.05, 3.63) is 11.9 Å². The summed E-state index contributed by atoms with van der Waals surface area (Å²) in [6.07, 6.45) is 4.74. The van der Waals surface area contributed by atoms with Crippen LogP contribution in [0.15, 0.2) is 6.20 Å². The number of aromatic nitrogens is 3. The van der Waals surface area contributed by atoms with Gasteiger partial charge in [0.1, 0.15) is 6.54 Å². The number of rotatable bonds is 6. The maximum Gasteiger partial charge on any atom is 0.244 e. The Labute approximate surface area is 125 Å². The first-order chi connectivity index (χ1) is 9.29. The molecule has 8 heteroatoms. The number of nitrogens with one attached hydrogen (secondary N) is 1. The summed E-state index contributed by atoms with van der Waals surface area (Å²) in [6, 6.07) is 0. The minimum atomic E-state index is 0. The fraction of sp³-hybridized carbons (Fsp3) is 0.750. The molecule has 0 atom stereocenters. The minimum absolute atomic E-state index is 0. The van der Waals surface area contributed by atoms with Crippen molar-refractivity contribution < 1.29 is 4.79 Å². The van der Waals surface area contributed by atoms with E-state index < -0.39 is 0 Å². The number of hydrogen-bond donors (Lipinski definition) is 2. The SMILES string of the molecule is Cl.NCCCCc1cn(CC(=O)N2CCNCC2)nn1. The van der Waals surface area contributed by atoms with Crippen molar-refractivity contribution >= 4 is 18.3 Å². The Bertz CT molecular complexity index is 404. The summed E-state index contributed by atoms with van der Waals surface area (Å²) >= 11 is 0. The van der Waals surface area contributed by atoms with E-state index in [-0.39, 0.29) is 24.9 Å². The number of hydrogen-bond acceptors (Lipinski definition) is 5. The smallest absolute Gasteiger partial charge is 0.244 e. The normalized spacial score (nSPS) is 14.9. The lowest BCUT2D eigenvalue weighted by Gasteiger charge is -2.27. The molecule has 0 bridgehead atoms. The third kappa shape index (κ3) is 5.07. The molecule has 2 heterocycles. The molecule has 1 aromatic heterocycles. The average Bonchev–Trinajstić information content (AvgIpc) is 2.88. The lowest BCUT2D eigenvalue weighted by Crippen LogP contribution is -2.47. The molecule has 2 rings (SSSR count). The summed E-state index contributed by atoms with van der Waals surface area (Å²) in [5.74, 6) is 0.111. The van der Waals surface area contributed by atoms with Gasteiger partial charge in [0.05, 0.1) is 5.69 Å². The summed E-state index contributed by atoms with van der Waals surface area (Å²) in [6.45, 7) is 4.27. The zero-order chi connectivity index (χ0) is 13.5. The van der Waals surface area contributed by atoms with Gasteiger partial charge < -0.3 is 16.0 Å². The highest BCUT2D eigenvalue weighted by Gasteiger charge is 2.16. The van der Waals surface area contributed by atoms with Gasteiger partial charge >= 0.3 is 0 Å². The molecular weight excluding hydrogens is 280 g/mol. The van der Waals surface area contributed by atoms with Gasteiger partial charge in [0, 0.05) is 32.4 Å². The molecule has 0 radical (unpaired) electrons. The first-order valence-corrected chi connectivity index (χ1v) is 6.87. The monoisotopic (exact) mass is 302 g/mol. The summed E-state index contributed by atoms with van der Waals surface area (Å²) in [5, 5.41) is 11.3. The second-order valence-corrected chi connectivity index (χ2v) is 4.78. The molecule has 1 amide bonds. The highest BCUT2D eigenvalue weighted by molar-refractivity contribution is 5.85. The van der Waals surface area contributed by atoms with Gasteiger partial charge in [-0.05, 0) is 25.8 Å². The molecule has 0 saturated carbocycles. The number of carbonyl (C=O) groups is 1. The Hall–Kier alpha value is -1.18. The number of nitrogens with two attached hydrogens (primary N) is 1. The molecule has 7 nitrogen and oxygen atoms in total. The number of aryl methyl sites for hydroxylation is 1. The Kier molecular flexibility index (Phi) is 7.50. The van der Waals surface area contributed by atoms with Crippen molar-refractivity contribution in [2.24, 2.45) is 5.73 Å². The van der Waals surface area contributed by atoms with Crippen molar-refractivity contribution in [1.82, 2.24) is 25.2 Å². The van der Waals surface area contributed by atoms with Crippen molar-refractivity contribution in [3.8, 4) is 0 Å². The number of carbonyl (C=O) groups excluding carboxylic acids is 1. The molecule has 1 aliphatic rings. The second kappa shape index (κ2) is 8.89. The predicted octanol–water partition coefficient (Wildman–Crippen LogP) is -0.587. The van der Waals surface area contributed by atoms with E-state index in [0.717, 1.165) is 51.1 Å². The second-order valence-electron chi connectivity index (χ2n) is 4.78. The van der Waals surface area contributed by atoms with Crippen molar-refractivity contribution in [3.63, 3.8) is 0 Å². The van der Waals surface area contributed by atoms with Crippen LogP contribution in [0.2, 0.25) is 0 Å². The van der Waals surface area contributed by atoms with Crippen LogP contribution in [0, 0.1) is 0 Å². The zero-order valence-corrected chi connectivity index (χ0v) is 12.4. The van der Waals surface area contributed by atoms with E-state index in [1.54, 1.807) is 4.68 Å². The highest BCUT2D eigenvalue weighted by Crippen LogP contribution is 2.01. The van der Waals surface area contributed by atoms with Gasteiger partial charge in [0.15, 0.2) is 0 Å². The average molecular weight is 303 g/mol. The largest absolute Gasteiger partial charge is 0.339 e. The van der Waals surface area contributed by atoms with E-state index >= 15 is 0 Å². The lowest BCUT2D eigenvalue weighted by atomic mass is 10.2. The van der Waals surface area contributed by atoms with E-state index in [1.165, 1.54) is 0 Å². The third-order valence-corrected chi connectivity index (χ3v) is 3.24. The number of nitrogens with zero attached hydrogens (tertiary/aromatic N) is 4. The fourth-order valence-corrected chi connectivity index (χ4v) is 2.13. The zero-order valence-electron chi connectivity index (χ0n) is 11.6. The Morgan fingerprint density at radius 3 is 2.80 bits per heavy atom. The van der Waals surface area contributed by atoms with Crippen LogP contribution in [0.25, 0.3) is 0 Å². The predicted molar refractivity (Wildman–Crippen MR) is 78.7 cm³/mol. The quantitative estimate of drug-likeness (QED) is 0.686. The first kappa shape index (κ1) is 16.9. The van der Waals surface area contributed by atoms with Gasteiger partial charge in [0.2, 0.25) is 5.91 Å². The van der Waals surface area contributed by atoms with Gasteiger partial charge in [-0.25, -0.2) is 4.68 Å². The van der Waals surface area contributed by atoms with E-state index in [0.29, 0.717) is 6.54 Å². The molecule has 0 spiro atoms. The summed E-state index contributed by atoms with van der Waals surface area (Å²) in [5.41, 5.74) is 6.38. The molecule has 20 heavy (non-hydrogen) atoms. The molecule has 1 aromatic rings. The lowest BCUT2D eigenvalue weighted by molar-refractivity contribution is -0.132.